The van der Waals surface area contributed by atoms with Crippen molar-refractivity contribution in [3.63, 3.8) is 0 Å². The van der Waals surface area contributed by atoms with E-state index in [4.69, 9.17) is 9.47 Å². The van der Waals surface area contributed by atoms with Crippen molar-refractivity contribution in [3.05, 3.63) is 50.7 Å². The summed E-state index contributed by atoms with van der Waals surface area (Å²) in [6, 6.07) is 5.93. The monoisotopic (exact) mass is 463 g/mol. The quantitative estimate of drug-likeness (QED) is 0.576. The average Bonchev–Trinajstić information content (AvgIpc) is 2.45. The van der Waals surface area contributed by atoms with E-state index in [1.54, 1.807) is 19.5 Å². The SMILES string of the molecule is COc1cc(CBr)cc(Br)c1OCc1cncc(Br)c1. The Morgan fingerprint density at radius 3 is 2.55 bits per heavy atom. The molecule has 0 aliphatic carbocycles. The number of ether oxygens (including phenoxy) is 2. The van der Waals surface area contributed by atoms with Crippen LogP contribution in [0.3, 0.4) is 0 Å². The number of benzene rings is 1. The van der Waals surface area contributed by atoms with E-state index in [-0.39, 0.29) is 0 Å². The van der Waals surface area contributed by atoms with E-state index < -0.39 is 0 Å². The summed E-state index contributed by atoms with van der Waals surface area (Å²) in [4.78, 5) is 4.11. The molecule has 0 spiro atoms. The molecule has 0 aliphatic rings. The zero-order valence-electron chi connectivity index (χ0n) is 10.7. The van der Waals surface area contributed by atoms with Crippen molar-refractivity contribution in [2.75, 3.05) is 7.11 Å². The van der Waals surface area contributed by atoms with Gasteiger partial charge in [0.25, 0.3) is 0 Å². The highest BCUT2D eigenvalue weighted by Gasteiger charge is 2.11. The lowest BCUT2D eigenvalue weighted by Gasteiger charge is -2.14. The molecule has 20 heavy (non-hydrogen) atoms. The Balaban J connectivity index is 2.20. The van der Waals surface area contributed by atoms with Crippen LogP contribution in [0.1, 0.15) is 11.1 Å². The number of hydrogen-bond acceptors (Lipinski definition) is 3. The first-order valence-electron chi connectivity index (χ1n) is 5.78. The van der Waals surface area contributed by atoms with E-state index in [1.807, 2.05) is 18.2 Å². The van der Waals surface area contributed by atoms with Crippen LogP contribution in [0, 0.1) is 0 Å². The van der Waals surface area contributed by atoms with Gasteiger partial charge in [0.05, 0.1) is 11.6 Å². The Hall–Kier alpha value is -0.590. The lowest BCUT2D eigenvalue weighted by Crippen LogP contribution is -2.00. The third-order valence-electron chi connectivity index (χ3n) is 2.59. The van der Waals surface area contributed by atoms with Crippen LogP contribution in [0.4, 0.5) is 0 Å². The van der Waals surface area contributed by atoms with Crippen LogP contribution in [0.5, 0.6) is 11.5 Å². The first-order chi connectivity index (χ1) is 9.63. The third kappa shape index (κ3) is 3.96. The highest BCUT2D eigenvalue weighted by atomic mass is 79.9. The van der Waals surface area contributed by atoms with Crippen molar-refractivity contribution in [2.24, 2.45) is 0 Å². The molecule has 0 unspecified atom stereocenters. The molecule has 3 nitrogen and oxygen atoms in total. The van der Waals surface area contributed by atoms with E-state index in [9.17, 15) is 0 Å². The van der Waals surface area contributed by atoms with Gasteiger partial charge in [-0.2, -0.15) is 0 Å². The van der Waals surface area contributed by atoms with Crippen molar-refractivity contribution in [2.45, 2.75) is 11.9 Å². The number of halogens is 3. The van der Waals surface area contributed by atoms with Gasteiger partial charge in [0.2, 0.25) is 0 Å². The Morgan fingerprint density at radius 2 is 1.90 bits per heavy atom. The van der Waals surface area contributed by atoms with Crippen LogP contribution >= 0.6 is 47.8 Å². The van der Waals surface area contributed by atoms with Crippen LogP contribution in [-0.2, 0) is 11.9 Å². The second-order valence-electron chi connectivity index (χ2n) is 4.04. The van der Waals surface area contributed by atoms with E-state index in [2.05, 4.69) is 52.8 Å². The summed E-state index contributed by atoms with van der Waals surface area (Å²) in [6.07, 6.45) is 3.52. The van der Waals surface area contributed by atoms with E-state index >= 15 is 0 Å². The summed E-state index contributed by atoms with van der Waals surface area (Å²) < 4.78 is 13.0. The van der Waals surface area contributed by atoms with Crippen molar-refractivity contribution in [1.29, 1.82) is 0 Å². The van der Waals surface area contributed by atoms with Gasteiger partial charge in [0.1, 0.15) is 6.61 Å². The molecule has 0 saturated heterocycles. The zero-order chi connectivity index (χ0) is 14.5. The maximum absolute atomic E-state index is 5.85. The molecule has 1 aromatic carbocycles. The summed E-state index contributed by atoms with van der Waals surface area (Å²) in [6.45, 7) is 0.426. The molecule has 2 rings (SSSR count). The summed E-state index contributed by atoms with van der Waals surface area (Å²) in [7, 11) is 1.63. The van der Waals surface area contributed by atoms with Crippen LogP contribution in [0.15, 0.2) is 39.5 Å². The number of rotatable bonds is 5. The van der Waals surface area contributed by atoms with Crippen molar-refractivity contribution >= 4 is 47.8 Å². The van der Waals surface area contributed by atoms with Gasteiger partial charge in [0, 0.05) is 27.8 Å². The van der Waals surface area contributed by atoms with Crippen molar-refractivity contribution in [3.8, 4) is 11.5 Å². The predicted octanol–water partition coefficient (Wildman–Crippen LogP) is 5.09. The van der Waals surface area contributed by atoms with E-state index in [1.165, 1.54) is 0 Å². The summed E-state index contributed by atoms with van der Waals surface area (Å²) >= 11 is 10.3. The van der Waals surface area contributed by atoms with Crippen LogP contribution in [0.25, 0.3) is 0 Å². The van der Waals surface area contributed by atoms with Crippen molar-refractivity contribution < 1.29 is 9.47 Å². The average molecular weight is 466 g/mol. The molecule has 1 aromatic heterocycles. The second-order valence-corrected chi connectivity index (χ2v) is 6.37. The topological polar surface area (TPSA) is 31.4 Å². The first kappa shape index (κ1) is 15.8. The Labute approximate surface area is 143 Å². The van der Waals surface area contributed by atoms with Gasteiger partial charge in [-0.3, -0.25) is 4.98 Å². The molecule has 0 amide bonds. The summed E-state index contributed by atoms with van der Waals surface area (Å²) in [5, 5.41) is 0.762. The number of nitrogens with zero attached hydrogens (tertiary/aromatic N) is 1. The minimum Gasteiger partial charge on any atom is -0.493 e. The molecule has 6 heteroatoms. The predicted molar refractivity (Wildman–Crippen MR) is 89.6 cm³/mol. The maximum Gasteiger partial charge on any atom is 0.175 e. The molecule has 0 radical (unpaired) electrons. The molecule has 0 bridgehead atoms. The number of hydrogen-bond donors (Lipinski definition) is 0. The normalized spacial score (nSPS) is 10.4. The van der Waals surface area contributed by atoms with E-state index in [0.717, 1.165) is 25.4 Å². The fourth-order valence-corrected chi connectivity index (χ4v) is 3.02. The molecule has 0 saturated carbocycles. The lowest BCUT2D eigenvalue weighted by atomic mass is 10.2. The molecule has 106 valence electrons. The zero-order valence-corrected chi connectivity index (χ0v) is 15.5. The molecular weight excluding hydrogens is 454 g/mol. The Kier molecular flexibility index (Phi) is 5.86. The molecule has 0 aliphatic heterocycles. The highest BCUT2D eigenvalue weighted by molar-refractivity contribution is 9.11. The minimum atomic E-state index is 0.426. The lowest BCUT2D eigenvalue weighted by molar-refractivity contribution is 0.282. The first-order valence-corrected chi connectivity index (χ1v) is 8.49. The largest absolute Gasteiger partial charge is 0.493 e. The van der Waals surface area contributed by atoms with Crippen LogP contribution < -0.4 is 9.47 Å². The molecule has 0 atom stereocenters. The molecular formula is C14H12Br3NO2. The number of pyridine rings is 1. The van der Waals surface area contributed by atoms with Gasteiger partial charge in [-0.25, -0.2) is 0 Å². The Bertz CT molecular complexity index is 605. The van der Waals surface area contributed by atoms with Gasteiger partial charge in [-0.05, 0) is 55.6 Å². The summed E-state index contributed by atoms with van der Waals surface area (Å²) in [5.74, 6) is 1.40. The number of aromatic nitrogens is 1. The smallest absolute Gasteiger partial charge is 0.175 e. The van der Waals surface area contributed by atoms with Gasteiger partial charge < -0.3 is 9.47 Å². The number of methoxy groups -OCH3 is 1. The van der Waals surface area contributed by atoms with Crippen LogP contribution in [0.2, 0.25) is 0 Å². The Morgan fingerprint density at radius 1 is 1.10 bits per heavy atom. The number of alkyl halides is 1. The van der Waals surface area contributed by atoms with Gasteiger partial charge in [-0.15, -0.1) is 0 Å². The fourth-order valence-electron chi connectivity index (χ4n) is 1.68. The van der Waals surface area contributed by atoms with Gasteiger partial charge in [0.15, 0.2) is 11.5 Å². The molecule has 2 aromatic rings. The van der Waals surface area contributed by atoms with Crippen LogP contribution in [-0.4, -0.2) is 12.1 Å². The van der Waals surface area contributed by atoms with Gasteiger partial charge >= 0.3 is 0 Å². The highest BCUT2D eigenvalue weighted by Crippen LogP contribution is 2.37. The fraction of sp³-hybridized carbons (Fsp3) is 0.214. The van der Waals surface area contributed by atoms with Gasteiger partial charge in [-0.1, -0.05) is 15.9 Å². The molecule has 0 N–H and O–H groups in total. The van der Waals surface area contributed by atoms with E-state index in [0.29, 0.717) is 18.1 Å². The third-order valence-corrected chi connectivity index (χ3v) is 4.26. The minimum absolute atomic E-state index is 0.426. The standard InChI is InChI=1S/C14H12Br3NO2/c1-19-13-4-9(5-15)3-12(17)14(13)20-8-10-2-11(16)7-18-6-10/h2-4,6-7H,5,8H2,1H3. The summed E-state index contributed by atoms with van der Waals surface area (Å²) in [5.41, 5.74) is 2.10. The van der Waals surface area contributed by atoms with Crippen molar-refractivity contribution in [1.82, 2.24) is 4.98 Å². The molecule has 1 heterocycles. The molecule has 0 fully saturated rings. The second kappa shape index (κ2) is 7.43. The maximum atomic E-state index is 5.85.